The van der Waals surface area contributed by atoms with Crippen LogP contribution >= 0.6 is 0 Å². The third-order valence-corrected chi connectivity index (χ3v) is 1.33. The summed E-state index contributed by atoms with van der Waals surface area (Å²) in [5.74, 6) is 0. The van der Waals surface area contributed by atoms with Crippen molar-refractivity contribution in [3.8, 4) is 0 Å². The molecule has 1 unspecified atom stereocenters. The number of hydrogen-bond donors (Lipinski definition) is 2. The molecule has 1 atom stereocenters. The quantitative estimate of drug-likeness (QED) is 0.558. The molecule has 0 aromatic rings. The first-order valence-electron chi connectivity index (χ1n) is 3.20. The van der Waals surface area contributed by atoms with Crippen LogP contribution in [0.1, 0.15) is 0 Å². The molecule has 0 spiro atoms. The van der Waals surface area contributed by atoms with Gasteiger partial charge in [-0.2, -0.15) is 0 Å². The molecule has 0 aromatic heterocycles. The Labute approximate surface area is 59.8 Å². The van der Waals surface area contributed by atoms with E-state index in [0.717, 1.165) is 5.57 Å². The molecule has 3 heteroatoms. The highest BCUT2D eigenvalue weighted by molar-refractivity contribution is 5.21. The van der Waals surface area contributed by atoms with Gasteiger partial charge in [0.05, 0.1) is 12.9 Å². The van der Waals surface area contributed by atoms with E-state index in [0.29, 0.717) is 6.54 Å². The molecule has 1 aliphatic heterocycles. The molecule has 0 bridgehead atoms. The maximum Gasteiger partial charge on any atom is 0.128 e. The number of rotatable bonds is 2. The van der Waals surface area contributed by atoms with Gasteiger partial charge in [-0.3, -0.25) is 0 Å². The molecule has 10 heavy (non-hydrogen) atoms. The first kappa shape index (κ1) is 7.31. The standard InChI is InChI=1S/C7H11NO2/c8-3-7-2-1-6(4-9)5-10-7/h1-2,5,7,9H,3-4,8H2. The van der Waals surface area contributed by atoms with Crippen molar-refractivity contribution in [2.24, 2.45) is 5.73 Å². The Hall–Kier alpha value is -0.800. The molecular weight excluding hydrogens is 130 g/mol. The van der Waals surface area contributed by atoms with Gasteiger partial charge in [-0.15, -0.1) is 0 Å². The number of hydrogen-bond acceptors (Lipinski definition) is 3. The summed E-state index contributed by atoms with van der Waals surface area (Å²) >= 11 is 0. The van der Waals surface area contributed by atoms with E-state index in [2.05, 4.69) is 0 Å². The first-order valence-corrected chi connectivity index (χ1v) is 3.20. The molecule has 56 valence electrons. The van der Waals surface area contributed by atoms with E-state index in [4.69, 9.17) is 15.6 Å². The highest BCUT2D eigenvalue weighted by Crippen LogP contribution is 2.07. The minimum Gasteiger partial charge on any atom is -0.492 e. The van der Waals surface area contributed by atoms with Crippen LogP contribution in [-0.2, 0) is 4.74 Å². The monoisotopic (exact) mass is 141 g/mol. The molecule has 3 nitrogen and oxygen atoms in total. The van der Waals surface area contributed by atoms with Gasteiger partial charge >= 0.3 is 0 Å². The van der Waals surface area contributed by atoms with E-state index in [-0.39, 0.29) is 12.7 Å². The minimum absolute atomic E-state index is 0.0182. The minimum atomic E-state index is -0.0182. The van der Waals surface area contributed by atoms with E-state index in [1.807, 2.05) is 12.2 Å². The summed E-state index contributed by atoms with van der Waals surface area (Å²) in [5.41, 5.74) is 6.10. The molecule has 0 amide bonds. The Morgan fingerprint density at radius 1 is 1.70 bits per heavy atom. The lowest BCUT2D eigenvalue weighted by molar-refractivity contribution is 0.183. The zero-order valence-corrected chi connectivity index (χ0v) is 5.66. The average Bonchev–Trinajstić information content (AvgIpc) is 2.05. The van der Waals surface area contributed by atoms with Gasteiger partial charge in [-0.1, -0.05) is 6.08 Å². The van der Waals surface area contributed by atoms with Crippen molar-refractivity contribution >= 4 is 0 Å². The van der Waals surface area contributed by atoms with Crippen molar-refractivity contribution in [2.75, 3.05) is 13.2 Å². The second-order valence-corrected chi connectivity index (χ2v) is 2.12. The van der Waals surface area contributed by atoms with Crippen molar-refractivity contribution in [2.45, 2.75) is 6.10 Å². The maximum absolute atomic E-state index is 8.62. The van der Waals surface area contributed by atoms with Crippen LogP contribution in [0.15, 0.2) is 24.0 Å². The normalized spacial score (nSPS) is 23.8. The predicted octanol–water partition coefficient (Wildman–Crippen LogP) is -0.224. The summed E-state index contributed by atoms with van der Waals surface area (Å²) < 4.78 is 5.10. The molecule has 1 rings (SSSR count). The van der Waals surface area contributed by atoms with E-state index < -0.39 is 0 Å². The summed E-state index contributed by atoms with van der Waals surface area (Å²) in [4.78, 5) is 0. The van der Waals surface area contributed by atoms with Crippen LogP contribution < -0.4 is 5.73 Å². The molecule has 0 saturated heterocycles. The smallest absolute Gasteiger partial charge is 0.128 e. The molecule has 0 radical (unpaired) electrons. The third kappa shape index (κ3) is 1.59. The van der Waals surface area contributed by atoms with Crippen molar-refractivity contribution in [1.29, 1.82) is 0 Å². The number of ether oxygens (including phenoxy) is 1. The van der Waals surface area contributed by atoms with Crippen LogP contribution in [0.3, 0.4) is 0 Å². The van der Waals surface area contributed by atoms with Crippen LogP contribution in [-0.4, -0.2) is 24.4 Å². The van der Waals surface area contributed by atoms with Crippen LogP contribution in [0, 0.1) is 0 Å². The lowest BCUT2D eigenvalue weighted by atomic mass is 10.2. The van der Waals surface area contributed by atoms with Gasteiger partial charge in [0.1, 0.15) is 6.10 Å². The van der Waals surface area contributed by atoms with Crippen molar-refractivity contribution in [1.82, 2.24) is 0 Å². The molecular formula is C7H11NO2. The largest absolute Gasteiger partial charge is 0.492 e. The third-order valence-electron chi connectivity index (χ3n) is 1.33. The van der Waals surface area contributed by atoms with Crippen LogP contribution in [0.2, 0.25) is 0 Å². The van der Waals surface area contributed by atoms with E-state index >= 15 is 0 Å². The summed E-state index contributed by atoms with van der Waals surface area (Å²) in [6, 6.07) is 0. The number of aliphatic hydroxyl groups is 1. The number of nitrogens with two attached hydrogens (primary N) is 1. The fourth-order valence-corrected chi connectivity index (χ4v) is 0.714. The Morgan fingerprint density at radius 3 is 2.90 bits per heavy atom. The van der Waals surface area contributed by atoms with Crippen LogP contribution in [0.4, 0.5) is 0 Å². The van der Waals surface area contributed by atoms with Crippen molar-refractivity contribution < 1.29 is 9.84 Å². The highest BCUT2D eigenvalue weighted by atomic mass is 16.5. The van der Waals surface area contributed by atoms with Gasteiger partial charge in [0.2, 0.25) is 0 Å². The molecule has 0 aliphatic carbocycles. The van der Waals surface area contributed by atoms with Gasteiger partial charge in [0.25, 0.3) is 0 Å². The number of aliphatic hydroxyl groups excluding tert-OH is 1. The lowest BCUT2D eigenvalue weighted by Crippen LogP contribution is -2.21. The molecule has 0 aromatic carbocycles. The zero-order chi connectivity index (χ0) is 7.40. The Kier molecular flexibility index (Phi) is 2.48. The summed E-state index contributed by atoms with van der Waals surface area (Å²) in [7, 11) is 0. The molecule has 3 N–H and O–H groups in total. The average molecular weight is 141 g/mol. The lowest BCUT2D eigenvalue weighted by Gasteiger charge is -2.14. The fourth-order valence-electron chi connectivity index (χ4n) is 0.714. The van der Waals surface area contributed by atoms with Crippen molar-refractivity contribution in [3.05, 3.63) is 24.0 Å². The first-order chi connectivity index (χ1) is 4.86. The predicted molar refractivity (Wildman–Crippen MR) is 38.2 cm³/mol. The van der Waals surface area contributed by atoms with Gasteiger partial charge in [0.15, 0.2) is 0 Å². The fraction of sp³-hybridized carbons (Fsp3) is 0.429. The van der Waals surface area contributed by atoms with Gasteiger partial charge < -0.3 is 15.6 Å². The molecule has 0 fully saturated rings. The topological polar surface area (TPSA) is 55.5 Å². The summed E-state index contributed by atoms with van der Waals surface area (Å²) in [5, 5.41) is 8.62. The van der Waals surface area contributed by atoms with Crippen LogP contribution in [0.25, 0.3) is 0 Å². The van der Waals surface area contributed by atoms with Gasteiger partial charge in [0, 0.05) is 12.1 Å². The summed E-state index contributed by atoms with van der Waals surface area (Å²) in [6.45, 7) is 0.500. The van der Waals surface area contributed by atoms with Gasteiger partial charge in [-0.05, 0) is 6.08 Å². The molecule has 0 saturated carbocycles. The van der Waals surface area contributed by atoms with E-state index in [9.17, 15) is 0 Å². The van der Waals surface area contributed by atoms with Crippen LogP contribution in [0.5, 0.6) is 0 Å². The Balaban J connectivity index is 2.46. The van der Waals surface area contributed by atoms with Gasteiger partial charge in [-0.25, -0.2) is 0 Å². The Morgan fingerprint density at radius 2 is 2.50 bits per heavy atom. The molecule has 1 aliphatic rings. The van der Waals surface area contributed by atoms with E-state index in [1.54, 1.807) is 0 Å². The highest BCUT2D eigenvalue weighted by Gasteiger charge is 2.05. The second-order valence-electron chi connectivity index (χ2n) is 2.12. The summed E-state index contributed by atoms with van der Waals surface area (Å²) in [6.07, 6.45) is 5.18. The SMILES string of the molecule is NCC1C=CC(CO)=CO1. The maximum atomic E-state index is 8.62. The zero-order valence-electron chi connectivity index (χ0n) is 5.66. The van der Waals surface area contributed by atoms with Crippen molar-refractivity contribution in [3.63, 3.8) is 0 Å². The Bertz CT molecular complexity index is 163. The second kappa shape index (κ2) is 3.39. The van der Waals surface area contributed by atoms with E-state index in [1.165, 1.54) is 6.26 Å². The molecule has 1 heterocycles.